The lowest BCUT2D eigenvalue weighted by Crippen LogP contribution is -2.41. The molecule has 1 aliphatic rings. The molecule has 41 heavy (non-hydrogen) atoms. The van der Waals surface area contributed by atoms with E-state index >= 15 is 0 Å². The van der Waals surface area contributed by atoms with Crippen molar-refractivity contribution in [3.8, 4) is 0 Å². The molecule has 4 aromatic rings. The zero-order chi connectivity index (χ0) is 28.8. The zero-order valence-corrected chi connectivity index (χ0v) is 21.3. The van der Waals surface area contributed by atoms with Crippen LogP contribution < -0.4 is 0 Å². The lowest BCUT2D eigenvalue weighted by molar-refractivity contribution is -0.398. The summed E-state index contributed by atoms with van der Waals surface area (Å²) in [7, 11) is 0. The van der Waals surface area contributed by atoms with Crippen LogP contribution in [0.25, 0.3) is 0 Å². The predicted octanol–water partition coefficient (Wildman–Crippen LogP) is 4.00. The Hall–Kier alpha value is -5.36. The molecular weight excluding hydrogens is 534 g/mol. The maximum atomic E-state index is 13.1. The molecule has 208 valence electrons. The number of carbonyl (C=O) groups is 3. The summed E-state index contributed by atoms with van der Waals surface area (Å²) in [6, 6.07) is 24.3. The molecule has 1 fully saturated rings. The third-order valence-corrected chi connectivity index (χ3v) is 6.26. The van der Waals surface area contributed by atoms with E-state index in [4.69, 9.17) is 18.9 Å². The predicted molar refractivity (Wildman–Crippen MR) is 141 cm³/mol. The Bertz CT molecular complexity index is 1530. The Labute approximate surface area is 233 Å². The average molecular weight is 558 g/mol. The second-order valence-corrected chi connectivity index (χ2v) is 8.89. The number of nitrogens with zero attached hydrogens (tertiary/aromatic N) is 3. The van der Waals surface area contributed by atoms with Gasteiger partial charge >= 0.3 is 23.9 Å². The van der Waals surface area contributed by atoms with Crippen molar-refractivity contribution in [3.63, 3.8) is 0 Å². The van der Waals surface area contributed by atoms with E-state index in [-0.39, 0.29) is 16.7 Å². The van der Waals surface area contributed by atoms with Gasteiger partial charge in [-0.2, -0.15) is 4.57 Å². The first-order valence-corrected chi connectivity index (χ1v) is 12.5. The van der Waals surface area contributed by atoms with E-state index in [0.29, 0.717) is 0 Å². The van der Waals surface area contributed by atoms with Crippen molar-refractivity contribution in [2.75, 3.05) is 6.61 Å². The van der Waals surface area contributed by atoms with Crippen LogP contribution in [0.5, 0.6) is 0 Å². The van der Waals surface area contributed by atoms with Gasteiger partial charge in [-0.15, -0.1) is 0 Å². The van der Waals surface area contributed by atoms with Gasteiger partial charge in [-0.05, 0) is 41.3 Å². The highest BCUT2D eigenvalue weighted by Gasteiger charge is 2.54. The van der Waals surface area contributed by atoms with Crippen molar-refractivity contribution in [1.29, 1.82) is 0 Å². The summed E-state index contributed by atoms with van der Waals surface area (Å²) in [5, 5.41) is 11.7. The molecular formula is C29H23N3O9. The van der Waals surface area contributed by atoms with Gasteiger partial charge in [0.2, 0.25) is 12.3 Å². The summed E-state index contributed by atoms with van der Waals surface area (Å²) in [5.41, 5.74) is 0.674. The van der Waals surface area contributed by atoms with Gasteiger partial charge in [-0.25, -0.2) is 14.4 Å². The minimum atomic E-state index is -1.39. The van der Waals surface area contributed by atoms with Crippen LogP contribution in [0.1, 0.15) is 37.3 Å². The van der Waals surface area contributed by atoms with Gasteiger partial charge in [0.1, 0.15) is 25.1 Å². The number of esters is 3. The van der Waals surface area contributed by atoms with Crippen LogP contribution in [0.4, 0.5) is 5.95 Å². The third kappa shape index (κ3) is 6.12. The Morgan fingerprint density at radius 3 is 1.78 bits per heavy atom. The van der Waals surface area contributed by atoms with Crippen LogP contribution in [0, 0.1) is 10.1 Å². The molecule has 0 N–H and O–H groups in total. The number of aromatic nitrogens is 2. The molecule has 12 heteroatoms. The number of ether oxygens (including phenoxy) is 4. The quantitative estimate of drug-likeness (QED) is 0.128. The van der Waals surface area contributed by atoms with E-state index in [1.807, 2.05) is 0 Å². The van der Waals surface area contributed by atoms with Crippen LogP contribution in [0.3, 0.4) is 0 Å². The summed E-state index contributed by atoms with van der Waals surface area (Å²) in [4.78, 5) is 53.6. The van der Waals surface area contributed by atoms with Gasteiger partial charge < -0.3 is 29.1 Å². The minimum Gasteiger partial charge on any atom is -0.459 e. The Balaban J connectivity index is 1.49. The first kappa shape index (κ1) is 27.2. The monoisotopic (exact) mass is 557 g/mol. The topological polar surface area (TPSA) is 149 Å². The van der Waals surface area contributed by atoms with Crippen molar-refractivity contribution in [3.05, 3.63) is 130 Å². The van der Waals surface area contributed by atoms with Crippen LogP contribution >= 0.6 is 0 Å². The van der Waals surface area contributed by atoms with Gasteiger partial charge in [0.05, 0.1) is 16.7 Å². The normalized spacial score (nSPS) is 19.7. The Morgan fingerprint density at radius 1 is 0.780 bits per heavy atom. The van der Waals surface area contributed by atoms with Crippen molar-refractivity contribution in [1.82, 2.24) is 9.55 Å². The lowest BCUT2D eigenvalue weighted by atomic mass is 10.1. The summed E-state index contributed by atoms with van der Waals surface area (Å²) >= 11 is 0. The fraction of sp³-hybridized carbons (Fsp3) is 0.172. The van der Waals surface area contributed by atoms with Gasteiger partial charge in [-0.1, -0.05) is 59.6 Å². The van der Waals surface area contributed by atoms with Gasteiger partial charge in [-0.3, -0.25) is 0 Å². The van der Waals surface area contributed by atoms with E-state index in [1.54, 1.807) is 66.7 Å². The van der Waals surface area contributed by atoms with E-state index in [9.17, 15) is 24.5 Å². The van der Waals surface area contributed by atoms with Gasteiger partial charge in [0, 0.05) is 0 Å². The first-order valence-electron chi connectivity index (χ1n) is 12.5. The molecule has 0 radical (unpaired) electrons. The SMILES string of the molecule is O=C(OC[C@H]1O[C@H](n2ccnc2[N+](=O)[O-])[C@@H](OC(=O)c2ccccc2)[C@@H]1OC(=O)c1ccccc1)c1ccccc1. The van der Waals surface area contributed by atoms with E-state index in [1.165, 1.54) is 36.7 Å². The molecule has 0 saturated carbocycles. The van der Waals surface area contributed by atoms with Crippen LogP contribution in [0.2, 0.25) is 0 Å². The highest BCUT2D eigenvalue weighted by Crippen LogP contribution is 2.37. The van der Waals surface area contributed by atoms with Gasteiger partial charge in [0.15, 0.2) is 6.10 Å². The van der Waals surface area contributed by atoms with Crippen molar-refractivity contribution in [2.24, 2.45) is 0 Å². The maximum Gasteiger partial charge on any atom is 0.436 e. The zero-order valence-electron chi connectivity index (χ0n) is 21.3. The summed E-state index contributed by atoms with van der Waals surface area (Å²) in [6.07, 6.45) is -2.77. The molecule has 12 nitrogen and oxygen atoms in total. The molecule has 0 amide bonds. The molecule has 1 aliphatic heterocycles. The number of benzene rings is 3. The fourth-order valence-corrected chi connectivity index (χ4v) is 4.33. The van der Waals surface area contributed by atoms with Gasteiger partial charge in [0.25, 0.3) is 0 Å². The van der Waals surface area contributed by atoms with E-state index < -0.39 is 59.9 Å². The fourth-order valence-electron chi connectivity index (χ4n) is 4.33. The highest BCUT2D eigenvalue weighted by atomic mass is 16.7. The number of rotatable bonds is 9. The van der Waals surface area contributed by atoms with Crippen molar-refractivity contribution in [2.45, 2.75) is 24.5 Å². The molecule has 3 aromatic carbocycles. The smallest absolute Gasteiger partial charge is 0.436 e. The van der Waals surface area contributed by atoms with E-state index in [2.05, 4.69) is 4.98 Å². The molecule has 4 atom stereocenters. The van der Waals surface area contributed by atoms with Crippen molar-refractivity contribution >= 4 is 23.9 Å². The van der Waals surface area contributed by atoms with Crippen LogP contribution in [-0.4, -0.2) is 57.3 Å². The Morgan fingerprint density at radius 2 is 1.27 bits per heavy atom. The largest absolute Gasteiger partial charge is 0.459 e. The summed E-state index contributed by atoms with van der Waals surface area (Å²) in [5.74, 6) is -2.81. The molecule has 0 aliphatic carbocycles. The van der Waals surface area contributed by atoms with Crippen molar-refractivity contribution < 1.29 is 38.3 Å². The standard InChI is InChI=1S/C29H23N3O9/c33-26(19-10-4-1-5-11-19)38-18-22-23(40-27(34)20-12-6-2-7-13-20)24(41-28(35)21-14-8-3-9-15-21)25(39-22)31-17-16-30-29(31)32(36)37/h1-17,22-25H,18H2/t22-,23-,24+,25+/m1/s1. The van der Waals surface area contributed by atoms with E-state index in [0.717, 1.165) is 4.57 Å². The molecule has 0 spiro atoms. The average Bonchev–Trinajstić information content (AvgIpc) is 3.62. The van der Waals surface area contributed by atoms with Crippen LogP contribution in [-0.2, 0) is 18.9 Å². The number of imidazole rings is 1. The Kier molecular flexibility index (Phi) is 8.11. The number of carbonyl (C=O) groups excluding carboxylic acids is 3. The minimum absolute atomic E-state index is 0.193. The molecule has 1 aromatic heterocycles. The molecule has 0 bridgehead atoms. The van der Waals surface area contributed by atoms with Crippen LogP contribution in [0.15, 0.2) is 103 Å². The highest BCUT2D eigenvalue weighted by molar-refractivity contribution is 5.91. The third-order valence-electron chi connectivity index (χ3n) is 6.26. The number of hydrogen-bond acceptors (Lipinski definition) is 10. The number of hydrogen-bond donors (Lipinski definition) is 0. The number of nitro groups is 1. The molecule has 5 rings (SSSR count). The first-order chi connectivity index (χ1) is 19.9. The second kappa shape index (κ2) is 12.2. The summed E-state index contributed by atoms with van der Waals surface area (Å²) in [6.45, 7) is -0.418. The molecule has 1 saturated heterocycles. The second-order valence-electron chi connectivity index (χ2n) is 8.89. The summed E-state index contributed by atoms with van der Waals surface area (Å²) < 4.78 is 24.2. The molecule has 0 unspecified atom stereocenters. The lowest BCUT2D eigenvalue weighted by Gasteiger charge is -2.24. The molecule has 2 heterocycles. The maximum absolute atomic E-state index is 13.1.